The molecule has 0 spiro atoms. The van der Waals surface area contributed by atoms with Crippen LogP contribution in [0.15, 0.2) is 12.2 Å². The second-order valence-electron chi connectivity index (χ2n) is 4.02. The Morgan fingerprint density at radius 3 is 2.46 bits per heavy atom. The van der Waals surface area contributed by atoms with Crippen LogP contribution in [-0.2, 0) is 9.53 Å². The van der Waals surface area contributed by atoms with Crippen LogP contribution in [0.3, 0.4) is 0 Å². The summed E-state index contributed by atoms with van der Waals surface area (Å²) in [5, 5.41) is 8.89. The number of esters is 1. The van der Waals surface area contributed by atoms with Gasteiger partial charge < -0.3 is 9.84 Å². The van der Waals surface area contributed by atoms with Gasteiger partial charge >= 0.3 is 5.97 Å². The lowest BCUT2D eigenvalue weighted by Crippen LogP contribution is -2.22. The quantitative estimate of drug-likeness (QED) is 0.538. The van der Waals surface area contributed by atoms with E-state index in [1.165, 1.54) is 6.08 Å². The van der Waals surface area contributed by atoms with Gasteiger partial charge in [0.1, 0.15) is 5.60 Å². The summed E-state index contributed by atoms with van der Waals surface area (Å²) in [6.07, 6.45) is 3.01. The maximum absolute atomic E-state index is 11.0. The molecule has 0 bridgehead atoms. The van der Waals surface area contributed by atoms with Crippen LogP contribution in [0, 0.1) is 0 Å². The fourth-order valence-corrected chi connectivity index (χ4v) is 0.697. The Hall–Kier alpha value is -0.830. The Labute approximate surface area is 79.4 Å². The Morgan fingerprint density at radius 1 is 1.54 bits per heavy atom. The van der Waals surface area contributed by atoms with E-state index in [4.69, 9.17) is 9.84 Å². The van der Waals surface area contributed by atoms with Gasteiger partial charge in [0, 0.05) is 6.08 Å². The van der Waals surface area contributed by atoms with Gasteiger partial charge in [-0.2, -0.15) is 0 Å². The minimum absolute atomic E-state index is 0.367. The van der Waals surface area contributed by atoms with Crippen molar-refractivity contribution in [1.82, 2.24) is 0 Å². The van der Waals surface area contributed by atoms with Gasteiger partial charge in [-0.25, -0.2) is 4.79 Å². The third-order valence-electron chi connectivity index (χ3n) is 1.14. The van der Waals surface area contributed by atoms with E-state index < -0.39 is 11.7 Å². The van der Waals surface area contributed by atoms with Gasteiger partial charge in [-0.1, -0.05) is 6.08 Å². The monoisotopic (exact) mass is 186 g/mol. The first-order valence-corrected chi connectivity index (χ1v) is 4.39. The molecule has 1 N–H and O–H groups in total. The van der Waals surface area contributed by atoms with Crippen LogP contribution < -0.4 is 0 Å². The molecule has 0 aromatic rings. The average Bonchev–Trinajstić information content (AvgIpc) is 1.81. The van der Waals surface area contributed by atoms with Crippen LogP contribution >= 0.6 is 0 Å². The highest BCUT2D eigenvalue weighted by atomic mass is 16.6. The molecule has 0 unspecified atom stereocenters. The number of aliphatic hydroxyl groups is 1. The number of hydrogen-bond acceptors (Lipinski definition) is 3. The smallest absolute Gasteiger partial charge is 0.330 e. The Morgan fingerprint density at radius 2 is 2.08 bits per heavy atom. The van der Waals surface area contributed by atoms with Crippen molar-refractivity contribution in [2.45, 2.75) is 45.8 Å². The predicted octanol–water partition coefficient (Wildman–Crippen LogP) is 1.66. The summed E-state index contributed by atoms with van der Waals surface area (Å²) in [6, 6.07) is 0. The van der Waals surface area contributed by atoms with Crippen molar-refractivity contribution in [3.8, 4) is 0 Å². The number of hydrogen-bond donors (Lipinski definition) is 1. The lowest BCUT2D eigenvalue weighted by Gasteiger charge is -2.17. The van der Waals surface area contributed by atoms with Crippen molar-refractivity contribution in [3.05, 3.63) is 12.2 Å². The molecule has 0 fully saturated rings. The topological polar surface area (TPSA) is 46.5 Å². The largest absolute Gasteiger partial charge is 0.457 e. The van der Waals surface area contributed by atoms with E-state index in [1.807, 2.05) is 20.8 Å². The first-order chi connectivity index (χ1) is 5.81. The Balaban J connectivity index is 3.81. The van der Waals surface area contributed by atoms with Gasteiger partial charge in [-0.3, -0.25) is 0 Å². The summed E-state index contributed by atoms with van der Waals surface area (Å²) >= 11 is 0. The van der Waals surface area contributed by atoms with Gasteiger partial charge in [0.2, 0.25) is 0 Å². The SMILES string of the molecule is C[C@H](O)C/C=C/C(=O)OC(C)(C)C. The summed E-state index contributed by atoms with van der Waals surface area (Å²) in [5.74, 6) is -0.367. The molecule has 3 nitrogen and oxygen atoms in total. The van der Waals surface area contributed by atoms with Crippen molar-refractivity contribution in [2.75, 3.05) is 0 Å². The van der Waals surface area contributed by atoms with Gasteiger partial charge in [0.15, 0.2) is 0 Å². The van der Waals surface area contributed by atoms with Gasteiger partial charge in [0.25, 0.3) is 0 Å². The number of carbonyl (C=O) groups excluding carboxylic acids is 1. The highest BCUT2D eigenvalue weighted by Gasteiger charge is 2.13. The van der Waals surface area contributed by atoms with Gasteiger partial charge in [0.05, 0.1) is 6.10 Å². The maximum atomic E-state index is 11.0. The summed E-state index contributed by atoms with van der Waals surface area (Å²) in [5.41, 5.74) is -0.452. The first kappa shape index (κ1) is 12.2. The zero-order valence-corrected chi connectivity index (χ0v) is 8.70. The summed E-state index contributed by atoms with van der Waals surface area (Å²) in [4.78, 5) is 11.0. The fourth-order valence-electron chi connectivity index (χ4n) is 0.697. The molecule has 0 amide bonds. The summed E-state index contributed by atoms with van der Waals surface area (Å²) in [6.45, 7) is 7.10. The van der Waals surface area contributed by atoms with E-state index in [-0.39, 0.29) is 5.97 Å². The fraction of sp³-hybridized carbons (Fsp3) is 0.700. The molecular formula is C10H18O3. The molecule has 0 saturated carbocycles. The second kappa shape index (κ2) is 5.02. The van der Waals surface area contributed by atoms with Crippen molar-refractivity contribution in [1.29, 1.82) is 0 Å². The van der Waals surface area contributed by atoms with Crippen LogP contribution in [0.1, 0.15) is 34.1 Å². The van der Waals surface area contributed by atoms with Gasteiger partial charge in [-0.05, 0) is 34.1 Å². The van der Waals surface area contributed by atoms with E-state index in [0.29, 0.717) is 6.42 Å². The van der Waals surface area contributed by atoms with Crippen LogP contribution in [0.25, 0.3) is 0 Å². The predicted molar refractivity (Wildman–Crippen MR) is 51.3 cm³/mol. The van der Waals surface area contributed by atoms with Crippen molar-refractivity contribution < 1.29 is 14.6 Å². The molecule has 0 radical (unpaired) electrons. The average molecular weight is 186 g/mol. The molecule has 0 aliphatic heterocycles. The molecule has 76 valence electrons. The lowest BCUT2D eigenvalue weighted by molar-refractivity contribution is -0.148. The molecule has 0 saturated heterocycles. The minimum Gasteiger partial charge on any atom is -0.457 e. The van der Waals surface area contributed by atoms with Crippen molar-refractivity contribution in [2.24, 2.45) is 0 Å². The molecule has 0 aromatic carbocycles. The van der Waals surface area contributed by atoms with E-state index in [9.17, 15) is 4.79 Å². The second-order valence-corrected chi connectivity index (χ2v) is 4.02. The lowest BCUT2D eigenvalue weighted by atomic mass is 10.2. The van der Waals surface area contributed by atoms with Crippen LogP contribution in [-0.4, -0.2) is 22.8 Å². The molecule has 1 atom stereocenters. The van der Waals surface area contributed by atoms with Gasteiger partial charge in [-0.15, -0.1) is 0 Å². The molecule has 3 heteroatoms. The molecule has 13 heavy (non-hydrogen) atoms. The van der Waals surface area contributed by atoms with E-state index >= 15 is 0 Å². The molecule has 0 aliphatic carbocycles. The van der Waals surface area contributed by atoms with Crippen LogP contribution in [0.5, 0.6) is 0 Å². The summed E-state index contributed by atoms with van der Waals surface area (Å²) in [7, 11) is 0. The van der Waals surface area contributed by atoms with E-state index in [2.05, 4.69) is 0 Å². The van der Waals surface area contributed by atoms with Crippen molar-refractivity contribution >= 4 is 5.97 Å². The number of aliphatic hydroxyl groups excluding tert-OH is 1. The van der Waals surface area contributed by atoms with E-state index in [1.54, 1.807) is 13.0 Å². The zero-order valence-electron chi connectivity index (χ0n) is 8.70. The minimum atomic E-state index is -0.452. The Kier molecular flexibility index (Phi) is 4.70. The molecule has 0 heterocycles. The number of carbonyl (C=O) groups is 1. The normalized spacial score (nSPS) is 14.5. The number of ether oxygens (including phenoxy) is 1. The summed E-state index contributed by atoms with van der Waals surface area (Å²) < 4.78 is 5.01. The highest BCUT2D eigenvalue weighted by Crippen LogP contribution is 2.07. The third kappa shape index (κ3) is 9.08. The maximum Gasteiger partial charge on any atom is 0.330 e. The van der Waals surface area contributed by atoms with Crippen LogP contribution in [0.2, 0.25) is 0 Å². The van der Waals surface area contributed by atoms with Crippen LogP contribution in [0.4, 0.5) is 0 Å². The first-order valence-electron chi connectivity index (χ1n) is 4.39. The third-order valence-corrected chi connectivity index (χ3v) is 1.14. The molecule has 0 aromatic heterocycles. The molecular weight excluding hydrogens is 168 g/mol. The van der Waals surface area contributed by atoms with Crippen molar-refractivity contribution in [3.63, 3.8) is 0 Å². The standard InChI is InChI=1S/C10H18O3/c1-8(11)6-5-7-9(12)13-10(2,3)4/h5,7-8,11H,6H2,1-4H3/b7-5+/t8-/m0/s1. The molecule has 0 aliphatic rings. The highest BCUT2D eigenvalue weighted by molar-refractivity contribution is 5.82. The molecule has 0 rings (SSSR count). The Bertz CT molecular complexity index is 187. The number of rotatable bonds is 3. The zero-order chi connectivity index (χ0) is 10.5. The van der Waals surface area contributed by atoms with E-state index in [0.717, 1.165) is 0 Å².